The van der Waals surface area contributed by atoms with Gasteiger partial charge in [0.15, 0.2) is 0 Å². The summed E-state index contributed by atoms with van der Waals surface area (Å²) in [6.07, 6.45) is 3.89. The fourth-order valence-electron chi connectivity index (χ4n) is 2.59. The Morgan fingerprint density at radius 1 is 1.05 bits per heavy atom. The van der Waals surface area contributed by atoms with Crippen molar-refractivity contribution in [2.24, 2.45) is 0 Å². The van der Waals surface area contributed by atoms with Crippen LogP contribution in [0.25, 0.3) is 0 Å². The number of sulfonamides is 1. The molecule has 0 spiro atoms. The summed E-state index contributed by atoms with van der Waals surface area (Å²) in [5, 5.41) is 3.42. The quantitative estimate of drug-likeness (QED) is 0.867. The van der Waals surface area contributed by atoms with Gasteiger partial charge < -0.3 is 5.32 Å². The Bertz CT molecular complexity index is 479. The third kappa shape index (κ3) is 4.03. The Labute approximate surface area is 115 Å². The summed E-state index contributed by atoms with van der Waals surface area (Å²) in [4.78, 5) is 0.351. The second-order valence-corrected chi connectivity index (χ2v) is 6.75. The van der Waals surface area contributed by atoms with Crippen molar-refractivity contribution in [1.82, 2.24) is 10.0 Å². The Morgan fingerprint density at radius 2 is 1.63 bits per heavy atom. The molecule has 1 aliphatic carbocycles. The lowest BCUT2D eigenvalue weighted by Gasteiger charge is -2.29. The molecule has 0 radical (unpaired) electrons. The first-order valence-electron chi connectivity index (χ1n) is 6.92. The van der Waals surface area contributed by atoms with Crippen LogP contribution < -0.4 is 10.0 Å². The third-order valence-electron chi connectivity index (χ3n) is 3.60. The van der Waals surface area contributed by atoms with E-state index in [1.807, 2.05) is 6.07 Å². The number of hydrogen-bond donors (Lipinski definition) is 2. The van der Waals surface area contributed by atoms with E-state index in [1.54, 1.807) is 24.3 Å². The number of benzene rings is 1. The molecule has 1 aromatic rings. The Balaban J connectivity index is 1.92. The van der Waals surface area contributed by atoms with E-state index in [0.717, 1.165) is 32.2 Å². The van der Waals surface area contributed by atoms with Crippen LogP contribution in [0.5, 0.6) is 0 Å². The molecule has 0 aromatic heterocycles. The van der Waals surface area contributed by atoms with Crippen LogP contribution in [0.3, 0.4) is 0 Å². The maximum atomic E-state index is 12.2. The molecule has 19 heavy (non-hydrogen) atoms. The van der Waals surface area contributed by atoms with Crippen molar-refractivity contribution >= 4 is 10.0 Å². The monoisotopic (exact) mass is 282 g/mol. The van der Waals surface area contributed by atoms with E-state index in [1.165, 1.54) is 0 Å². The van der Waals surface area contributed by atoms with Gasteiger partial charge in [0.05, 0.1) is 4.90 Å². The summed E-state index contributed by atoms with van der Waals surface area (Å²) >= 11 is 0. The molecule has 1 fully saturated rings. The second-order valence-electron chi connectivity index (χ2n) is 5.04. The van der Waals surface area contributed by atoms with Crippen LogP contribution >= 0.6 is 0 Å². The average Bonchev–Trinajstić information content (AvgIpc) is 2.42. The highest BCUT2D eigenvalue weighted by molar-refractivity contribution is 7.89. The smallest absolute Gasteiger partial charge is 0.240 e. The molecule has 0 heterocycles. The normalized spacial score (nSPS) is 24.3. The van der Waals surface area contributed by atoms with Gasteiger partial charge in [0.1, 0.15) is 0 Å². The van der Waals surface area contributed by atoms with Gasteiger partial charge in [0.2, 0.25) is 10.0 Å². The van der Waals surface area contributed by atoms with E-state index in [4.69, 9.17) is 0 Å². The van der Waals surface area contributed by atoms with E-state index >= 15 is 0 Å². The zero-order valence-electron chi connectivity index (χ0n) is 11.3. The predicted molar refractivity (Wildman–Crippen MR) is 76.5 cm³/mol. The molecular formula is C14H22N2O2S. The molecule has 1 saturated carbocycles. The zero-order valence-corrected chi connectivity index (χ0v) is 12.1. The van der Waals surface area contributed by atoms with Gasteiger partial charge in [-0.2, -0.15) is 0 Å². The molecular weight excluding hydrogens is 260 g/mol. The lowest BCUT2D eigenvalue weighted by molar-refractivity contribution is 0.333. The van der Waals surface area contributed by atoms with Crippen LogP contribution in [0.15, 0.2) is 35.2 Å². The van der Waals surface area contributed by atoms with Crippen LogP contribution in [-0.2, 0) is 10.0 Å². The highest BCUT2D eigenvalue weighted by Gasteiger charge is 2.25. The largest absolute Gasteiger partial charge is 0.314 e. The van der Waals surface area contributed by atoms with Gasteiger partial charge in [-0.1, -0.05) is 25.1 Å². The number of rotatable bonds is 5. The zero-order chi connectivity index (χ0) is 13.7. The van der Waals surface area contributed by atoms with Crippen LogP contribution in [0.4, 0.5) is 0 Å². The first-order chi connectivity index (χ1) is 9.12. The van der Waals surface area contributed by atoms with Crippen molar-refractivity contribution in [1.29, 1.82) is 0 Å². The van der Waals surface area contributed by atoms with Crippen LogP contribution in [0.1, 0.15) is 32.6 Å². The molecule has 0 bridgehead atoms. The standard InChI is InChI=1S/C14H22N2O2S/c1-2-15-12-8-10-13(11-9-12)16-19(17,18)14-6-4-3-5-7-14/h3-7,12-13,15-16H,2,8-11H2,1H3. The van der Waals surface area contributed by atoms with Crippen molar-refractivity contribution in [2.75, 3.05) is 6.54 Å². The summed E-state index contributed by atoms with van der Waals surface area (Å²) in [5.74, 6) is 0. The molecule has 0 unspecified atom stereocenters. The van der Waals surface area contributed by atoms with Crippen molar-refractivity contribution in [3.05, 3.63) is 30.3 Å². The third-order valence-corrected chi connectivity index (χ3v) is 5.13. The molecule has 0 amide bonds. The molecule has 0 saturated heterocycles. The maximum Gasteiger partial charge on any atom is 0.240 e. The fraction of sp³-hybridized carbons (Fsp3) is 0.571. The Kier molecular flexibility index (Phi) is 4.96. The van der Waals surface area contributed by atoms with Crippen molar-refractivity contribution < 1.29 is 8.42 Å². The average molecular weight is 282 g/mol. The van der Waals surface area contributed by atoms with Gasteiger partial charge in [-0.3, -0.25) is 0 Å². The van der Waals surface area contributed by atoms with Crippen molar-refractivity contribution in [3.8, 4) is 0 Å². The summed E-state index contributed by atoms with van der Waals surface area (Å²) < 4.78 is 27.2. The van der Waals surface area contributed by atoms with E-state index < -0.39 is 10.0 Å². The van der Waals surface area contributed by atoms with Gasteiger partial charge in [-0.15, -0.1) is 0 Å². The van der Waals surface area contributed by atoms with Crippen molar-refractivity contribution in [3.63, 3.8) is 0 Å². The van der Waals surface area contributed by atoms with Crippen LogP contribution in [0, 0.1) is 0 Å². The molecule has 1 aliphatic rings. The lowest BCUT2D eigenvalue weighted by Crippen LogP contribution is -2.42. The van der Waals surface area contributed by atoms with Gasteiger partial charge in [-0.05, 0) is 44.4 Å². The number of hydrogen-bond acceptors (Lipinski definition) is 3. The summed E-state index contributed by atoms with van der Waals surface area (Å²) in [6.45, 7) is 3.08. The van der Waals surface area contributed by atoms with Crippen molar-refractivity contribution in [2.45, 2.75) is 49.6 Å². The minimum absolute atomic E-state index is 0.0695. The lowest BCUT2D eigenvalue weighted by atomic mass is 9.92. The summed E-state index contributed by atoms with van der Waals surface area (Å²) in [6, 6.07) is 9.19. The molecule has 1 aromatic carbocycles. The highest BCUT2D eigenvalue weighted by Crippen LogP contribution is 2.20. The van der Waals surface area contributed by atoms with E-state index in [-0.39, 0.29) is 6.04 Å². The van der Waals surface area contributed by atoms with Crippen LogP contribution in [-0.4, -0.2) is 27.0 Å². The Morgan fingerprint density at radius 3 is 2.21 bits per heavy atom. The van der Waals surface area contributed by atoms with Gasteiger partial charge in [0.25, 0.3) is 0 Å². The maximum absolute atomic E-state index is 12.2. The van der Waals surface area contributed by atoms with Gasteiger partial charge in [-0.25, -0.2) is 13.1 Å². The van der Waals surface area contributed by atoms with Gasteiger partial charge >= 0.3 is 0 Å². The Hall–Kier alpha value is -0.910. The first kappa shape index (κ1) is 14.5. The minimum atomic E-state index is -3.36. The molecule has 4 nitrogen and oxygen atoms in total. The topological polar surface area (TPSA) is 58.2 Å². The predicted octanol–water partition coefficient (Wildman–Crippen LogP) is 1.89. The van der Waals surface area contributed by atoms with E-state index in [0.29, 0.717) is 10.9 Å². The SMILES string of the molecule is CCNC1CCC(NS(=O)(=O)c2ccccc2)CC1. The fourth-order valence-corrected chi connectivity index (χ4v) is 3.92. The highest BCUT2D eigenvalue weighted by atomic mass is 32.2. The molecule has 2 rings (SSSR count). The molecule has 0 atom stereocenters. The second kappa shape index (κ2) is 6.50. The first-order valence-corrected chi connectivity index (χ1v) is 8.41. The van der Waals surface area contributed by atoms with E-state index in [9.17, 15) is 8.42 Å². The molecule has 5 heteroatoms. The summed E-state index contributed by atoms with van der Waals surface area (Å²) in [5.41, 5.74) is 0. The van der Waals surface area contributed by atoms with Crippen LogP contribution in [0.2, 0.25) is 0 Å². The molecule has 0 aliphatic heterocycles. The van der Waals surface area contributed by atoms with Gasteiger partial charge in [0, 0.05) is 12.1 Å². The molecule has 106 valence electrons. The summed E-state index contributed by atoms with van der Waals surface area (Å²) in [7, 11) is -3.36. The number of nitrogens with one attached hydrogen (secondary N) is 2. The minimum Gasteiger partial charge on any atom is -0.314 e. The van der Waals surface area contributed by atoms with E-state index in [2.05, 4.69) is 17.0 Å². The molecule has 2 N–H and O–H groups in total.